The summed E-state index contributed by atoms with van der Waals surface area (Å²) in [6, 6.07) is 0. The Morgan fingerprint density at radius 1 is 1.62 bits per heavy atom. The minimum absolute atomic E-state index is 0.0671. The van der Waals surface area contributed by atoms with Crippen molar-refractivity contribution in [2.24, 2.45) is 0 Å². The average Bonchev–Trinajstić information content (AvgIpc) is 2.86. The van der Waals surface area contributed by atoms with Crippen molar-refractivity contribution in [3.8, 4) is 0 Å². The number of rotatable bonds is 2. The zero-order valence-corrected chi connectivity index (χ0v) is 9.66. The Labute approximate surface area is 96.7 Å². The van der Waals surface area contributed by atoms with Gasteiger partial charge in [0.05, 0.1) is 11.2 Å². The van der Waals surface area contributed by atoms with Gasteiger partial charge in [-0.25, -0.2) is 9.78 Å². The zero-order chi connectivity index (χ0) is 11.7. The Morgan fingerprint density at radius 2 is 2.38 bits per heavy atom. The molecule has 1 N–H and O–H groups in total. The van der Waals surface area contributed by atoms with E-state index in [2.05, 4.69) is 4.98 Å². The van der Waals surface area contributed by atoms with Crippen molar-refractivity contribution >= 4 is 23.2 Å². The highest BCUT2D eigenvalue weighted by Crippen LogP contribution is 2.30. The van der Waals surface area contributed by atoms with Gasteiger partial charge in [0, 0.05) is 25.9 Å². The van der Waals surface area contributed by atoms with Crippen LogP contribution in [0, 0.1) is 0 Å². The summed E-state index contributed by atoms with van der Waals surface area (Å²) < 4.78 is 0. The number of carboxylic acids is 1. The van der Waals surface area contributed by atoms with E-state index in [1.165, 1.54) is 17.5 Å². The standard InChI is InChI=1S/C10H12N2O3S/c1-6(13)12-3-2-7(5-12)9-11-4-8(16-9)10(14)15/h4,7H,2-3,5H2,1H3,(H,14,15). The fourth-order valence-corrected chi connectivity index (χ4v) is 2.71. The predicted molar refractivity (Wildman–Crippen MR) is 58.7 cm³/mol. The van der Waals surface area contributed by atoms with Crippen molar-refractivity contribution in [1.82, 2.24) is 9.88 Å². The van der Waals surface area contributed by atoms with Crippen molar-refractivity contribution in [1.29, 1.82) is 0 Å². The van der Waals surface area contributed by atoms with Gasteiger partial charge in [-0.2, -0.15) is 0 Å². The highest BCUT2D eigenvalue weighted by atomic mass is 32.1. The molecule has 0 bridgehead atoms. The number of thiazole rings is 1. The van der Waals surface area contributed by atoms with E-state index < -0.39 is 5.97 Å². The number of aromatic nitrogens is 1. The molecule has 0 aliphatic carbocycles. The molecule has 1 aromatic rings. The highest BCUT2D eigenvalue weighted by Gasteiger charge is 2.28. The van der Waals surface area contributed by atoms with Crippen molar-refractivity contribution in [3.63, 3.8) is 0 Å². The number of nitrogens with zero attached hydrogens (tertiary/aromatic N) is 2. The van der Waals surface area contributed by atoms with E-state index in [0.29, 0.717) is 6.54 Å². The maximum atomic E-state index is 11.2. The molecule has 1 aliphatic heterocycles. The molecule has 0 radical (unpaired) electrons. The summed E-state index contributed by atoms with van der Waals surface area (Å²) in [6.45, 7) is 2.94. The van der Waals surface area contributed by atoms with Crippen LogP contribution in [-0.4, -0.2) is 40.0 Å². The number of carbonyl (C=O) groups is 2. The molecule has 0 saturated carbocycles. The summed E-state index contributed by atoms with van der Waals surface area (Å²) in [7, 11) is 0. The first-order valence-electron chi connectivity index (χ1n) is 5.02. The largest absolute Gasteiger partial charge is 0.477 e. The first-order chi connectivity index (χ1) is 7.58. The average molecular weight is 240 g/mol. The SMILES string of the molecule is CC(=O)N1CCC(c2ncc(C(=O)O)s2)C1. The van der Waals surface area contributed by atoms with Crippen LogP contribution < -0.4 is 0 Å². The number of hydrogen-bond donors (Lipinski definition) is 1. The summed E-state index contributed by atoms with van der Waals surface area (Å²) in [5.41, 5.74) is 0. The van der Waals surface area contributed by atoms with Crippen LogP contribution in [0.1, 0.15) is 33.9 Å². The molecule has 2 rings (SSSR count). The molecule has 1 atom stereocenters. The van der Waals surface area contributed by atoms with E-state index >= 15 is 0 Å². The first kappa shape index (κ1) is 11.1. The van der Waals surface area contributed by atoms with Gasteiger partial charge in [-0.05, 0) is 6.42 Å². The smallest absolute Gasteiger partial charge is 0.347 e. The van der Waals surface area contributed by atoms with Crippen molar-refractivity contribution in [2.75, 3.05) is 13.1 Å². The Bertz CT molecular complexity index is 429. The molecule has 16 heavy (non-hydrogen) atoms. The monoisotopic (exact) mass is 240 g/mol. The summed E-state index contributed by atoms with van der Waals surface area (Å²) in [4.78, 5) is 28.0. The molecule has 1 unspecified atom stereocenters. The molecule has 1 saturated heterocycles. The van der Waals surface area contributed by atoms with Gasteiger partial charge in [0.1, 0.15) is 4.88 Å². The lowest BCUT2D eigenvalue weighted by atomic mass is 10.1. The third kappa shape index (κ3) is 2.06. The number of carbonyl (C=O) groups excluding carboxylic acids is 1. The van der Waals surface area contributed by atoms with Crippen molar-refractivity contribution < 1.29 is 14.7 Å². The van der Waals surface area contributed by atoms with Gasteiger partial charge in [-0.1, -0.05) is 0 Å². The predicted octanol–water partition coefficient (Wildman–Crippen LogP) is 1.18. The molecule has 0 aromatic carbocycles. The lowest BCUT2D eigenvalue weighted by Crippen LogP contribution is -2.25. The Morgan fingerprint density at radius 3 is 2.88 bits per heavy atom. The van der Waals surface area contributed by atoms with Gasteiger partial charge in [-0.3, -0.25) is 4.79 Å². The summed E-state index contributed by atoms with van der Waals surface area (Å²) in [5, 5.41) is 9.61. The maximum Gasteiger partial charge on any atom is 0.347 e. The van der Waals surface area contributed by atoms with Gasteiger partial charge in [0.2, 0.25) is 5.91 Å². The van der Waals surface area contributed by atoms with Gasteiger partial charge in [0.15, 0.2) is 0 Å². The highest BCUT2D eigenvalue weighted by molar-refractivity contribution is 7.13. The normalized spacial score (nSPS) is 20.1. The quantitative estimate of drug-likeness (QED) is 0.842. The Balaban J connectivity index is 2.08. The van der Waals surface area contributed by atoms with E-state index in [1.807, 2.05) is 0 Å². The number of aromatic carboxylic acids is 1. The van der Waals surface area contributed by atoms with Crippen LogP contribution in [0.4, 0.5) is 0 Å². The molecule has 1 fully saturated rings. The van der Waals surface area contributed by atoms with Gasteiger partial charge < -0.3 is 10.0 Å². The van der Waals surface area contributed by atoms with E-state index in [-0.39, 0.29) is 16.7 Å². The van der Waals surface area contributed by atoms with Crippen molar-refractivity contribution in [2.45, 2.75) is 19.3 Å². The van der Waals surface area contributed by atoms with Crippen LogP contribution in [0.5, 0.6) is 0 Å². The van der Waals surface area contributed by atoms with Gasteiger partial charge in [0.25, 0.3) is 0 Å². The first-order valence-corrected chi connectivity index (χ1v) is 5.84. The third-order valence-electron chi connectivity index (χ3n) is 2.72. The second kappa shape index (κ2) is 4.21. The summed E-state index contributed by atoms with van der Waals surface area (Å²) in [6.07, 6.45) is 2.25. The van der Waals surface area contributed by atoms with Crippen LogP contribution in [0.3, 0.4) is 0 Å². The minimum atomic E-state index is -0.940. The van der Waals surface area contributed by atoms with Crippen LogP contribution >= 0.6 is 11.3 Å². The van der Waals surface area contributed by atoms with Gasteiger partial charge >= 0.3 is 5.97 Å². The number of amides is 1. The number of hydrogen-bond acceptors (Lipinski definition) is 4. The topological polar surface area (TPSA) is 70.5 Å². The summed E-state index contributed by atoms with van der Waals surface area (Å²) in [5.74, 6) is -0.676. The Kier molecular flexibility index (Phi) is 2.91. The maximum absolute atomic E-state index is 11.2. The Hall–Kier alpha value is -1.43. The van der Waals surface area contributed by atoms with Crippen LogP contribution in [-0.2, 0) is 4.79 Å². The molecule has 0 spiro atoms. The molecule has 86 valence electrons. The number of likely N-dealkylation sites (tertiary alicyclic amines) is 1. The molecule has 1 aromatic heterocycles. The van der Waals surface area contributed by atoms with E-state index in [4.69, 9.17) is 5.11 Å². The van der Waals surface area contributed by atoms with Crippen LogP contribution in [0.2, 0.25) is 0 Å². The van der Waals surface area contributed by atoms with Crippen LogP contribution in [0.25, 0.3) is 0 Å². The minimum Gasteiger partial charge on any atom is -0.477 e. The summed E-state index contributed by atoms with van der Waals surface area (Å²) >= 11 is 1.20. The lowest BCUT2D eigenvalue weighted by molar-refractivity contribution is -0.127. The fraction of sp³-hybridized carbons (Fsp3) is 0.500. The van der Waals surface area contributed by atoms with E-state index in [9.17, 15) is 9.59 Å². The molecule has 5 nitrogen and oxygen atoms in total. The third-order valence-corrected chi connectivity index (χ3v) is 3.86. The molecule has 6 heteroatoms. The van der Waals surface area contributed by atoms with Crippen LogP contribution in [0.15, 0.2) is 6.20 Å². The molecular formula is C10H12N2O3S. The molecule has 1 aliphatic rings. The van der Waals surface area contributed by atoms with Gasteiger partial charge in [-0.15, -0.1) is 11.3 Å². The van der Waals surface area contributed by atoms with E-state index in [1.54, 1.807) is 11.8 Å². The molecule has 1 amide bonds. The second-order valence-electron chi connectivity index (χ2n) is 3.82. The number of carboxylic acid groups (broad SMARTS) is 1. The fourth-order valence-electron chi connectivity index (χ4n) is 1.82. The van der Waals surface area contributed by atoms with Crippen molar-refractivity contribution in [3.05, 3.63) is 16.1 Å². The molecule has 2 heterocycles. The zero-order valence-electron chi connectivity index (χ0n) is 8.84. The van der Waals surface area contributed by atoms with E-state index in [0.717, 1.165) is 18.0 Å². The molecular weight excluding hydrogens is 228 g/mol. The lowest BCUT2D eigenvalue weighted by Gasteiger charge is -2.12. The second-order valence-corrected chi connectivity index (χ2v) is 4.88.